The topological polar surface area (TPSA) is 94.3 Å². The number of unbranched alkanes of at least 4 members (excludes halogenated alkanes) is 2. The van der Waals surface area contributed by atoms with Gasteiger partial charge in [0.15, 0.2) is 5.82 Å². The van der Waals surface area contributed by atoms with Crippen molar-refractivity contribution >= 4 is 0 Å². The molecular weight excluding hydrogens is 450 g/mol. The molecule has 36 heavy (non-hydrogen) atoms. The number of hydrogen-bond donors (Lipinski definition) is 1. The van der Waals surface area contributed by atoms with Crippen molar-refractivity contribution in [2.75, 3.05) is 0 Å². The second-order valence-electron chi connectivity index (χ2n) is 8.91. The van der Waals surface area contributed by atoms with Gasteiger partial charge in [-0.25, -0.2) is 9.89 Å². The third-order valence-electron chi connectivity index (χ3n) is 6.34. The molecule has 0 fully saturated rings. The summed E-state index contributed by atoms with van der Waals surface area (Å²) in [6.07, 6.45) is 8.03. The Kier molecular flexibility index (Phi) is 7.12. The van der Waals surface area contributed by atoms with Crippen molar-refractivity contribution in [3.63, 3.8) is 0 Å². The van der Waals surface area contributed by atoms with Crippen molar-refractivity contribution in [3.8, 4) is 22.6 Å². The normalized spacial score (nSPS) is 11.1. The summed E-state index contributed by atoms with van der Waals surface area (Å²) in [6, 6.07) is 22.3. The van der Waals surface area contributed by atoms with Crippen LogP contribution in [-0.2, 0) is 19.5 Å². The fourth-order valence-corrected chi connectivity index (χ4v) is 4.46. The van der Waals surface area contributed by atoms with Crippen molar-refractivity contribution < 1.29 is 0 Å². The summed E-state index contributed by atoms with van der Waals surface area (Å²) < 4.78 is 3.75. The van der Waals surface area contributed by atoms with Gasteiger partial charge in [-0.15, -0.1) is 5.10 Å². The lowest BCUT2D eigenvalue weighted by Crippen LogP contribution is -2.26. The molecule has 0 unspecified atom stereocenters. The number of aryl methyl sites for hydroxylation is 1. The van der Waals surface area contributed by atoms with E-state index in [9.17, 15) is 4.79 Å². The molecule has 0 bridgehead atoms. The molecule has 0 amide bonds. The van der Waals surface area contributed by atoms with Gasteiger partial charge in [0.2, 0.25) is 0 Å². The van der Waals surface area contributed by atoms with Gasteiger partial charge < -0.3 is 0 Å². The fraction of sp³-hybridized carbons (Fsp3) is 0.250. The number of nitrogens with zero attached hydrogens (tertiary/aromatic N) is 6. The Morgan fingerprint density at radius 1 is 0.889 bits per heavy atom. The van der Waals surface area contributed by atoms with Crippen molar-refractivity contribution in [2.45, 2.75) is 45.7 Å². The highest BCUT2D eigenvalue weighted by Gasteiger charge is 2.14. The molecule has 0 radical (unpaired) electrons. The highest BCUT2D eigenvalue weighted by molar-refractivity contribution is 5.77. The zero-order chi connectivity index (χ0) is 24.7. The molecule has 0 spiro atoms. The SMILES string of the molecule is CCCCCc1cn(Cc2ccccc2)c(=O)n1Cc1ccc(-c2cccnc2-c2nnn[nH]2)cc1. The van der Waals surface area contributed by atoms with Gasteiger partial charge in [0.25, 0.3) is 0 Å². The molecule has 5 aromatic rings. The van der Waals surface area contributed by atoms with E-state index in [1.165, 1.54) is 0 Å². The van der Waals surface area contributed by atoms with Gasteiger partial charge in [0.05, 0.1) is 13.1 Å². The van der Waals surface area contributed by atoms with Crippen LogP contribution in [0.5, 0.6) is 0 Å². The number of imidazole rings is 1. The number of tetrazole rings is 1. The first-order chi connectivity index (χ1) is 17.7. The van der Waals surface area contributed by atoms with Crippen LogP contribution in [0, 0.1) is 0 Å². The lowest BCUT2D eigenvalue weighted by molar-refractivity contribution is 0.643. The Balaban J connectivity index is 1.41. The number of pyridine rings is 1. The van der Waals surface area contributed by atoms with E-state index < -0.39 is 0 Å². The number of aromatic amines is 1. The summed E-state index contributed by atoms with van der Waals surface area (Å²) in [5.74, 6) is 0.526. The highest BCUT2D eigenvalue weighted by Crippen LogP contribution is 2.28. The number of rotatable bonds is 10. The molecule has 3 heterocycles. The zero-order valence-electron chi connectivity index (χ0n) is 20.3. The Hall–Kier alpha value is -4.33. The number of benzene rings is 2. The van der Waals surface area contributed by atoms with Crippen LogP contribution in [0.4, 0.5) is 0 Å². The van der Waals surface area contributed by atoms with Crippen molar-refractivity contribution in [2.24, 2.45) is 0 Å². The first-order valence-electron chi connectivity index (χ1n) is 12.3. The standard InChI is InChI=1S/C28H29N7O/c1-2-3-5-11-24-20-34(18-21-9-6-4-7-10-21)28(36)35(24)19-22-13-15-23(16-14-22)25-12-8-17-29-26(25)27-30-32-33-31-27/h4,6-10,12-17,20H,2-3,5,11,18-19H2,1H3,(H,30,31,32,33). The quantitative estimate of drug-likeness (QED) is 0.293. The predicted molar refractivity (Wildman–Crippen MR) is 139 cm³/mol. The predicted octanol–water partition coefficient (Wildman–Crippen LogP) is 4.72. The maximum Gasteiger partial charge on any atom is 0.328 e. The van der Waals surface area contributed by atoms with Gasteiger partial charge in [0.1, 0.15) is 5.69 Å². The zero-order valence-corrected chi connectivity index (χ0v) is 20.3. The summed E-state index contributed by atoms with van der Waals surface area (Å²) in [4.78, 5) is 17.9. The highest BCUT2D eigenvalue weighted by atomic mass is 16.1. The Morgan fingerprint density at radius 2 is 1.69 bits per heavy atom. The van der Waals surface area contributed by atoms with E-state index in [1.807, 2.05) is 45.7 Å². The van der Waals surface area contributed by atoms with Gasteiger partial charge >= 0.3 is 5.69 Å². The Bertz CT molecular complexity index is 1450. The van der Waals surface area contributed by atoms with Crippen LogP contribution >= 0.6 is 0 Å². The molecule has 0 aliphatic carbocycles. The average molecular weight is 480 g/mol. The van der Waals surface area contributed by atoms with Crippen molar-refractivity contribution in [1.29, 1.82) is 0 Å². The minimum atomic E-state index is 0.0294. The number of hydrogen-bond acceptors (Lipinski definition) is 5. The van der Waals surface area contributed by atoms with Crippen LogP contribution in [0.1, 0.15) is 43.0 Å². The summed E-state index contributed by atoms with van der Waals surface area (Å²) in [5, 5.41) is 14.1. The molecule has 2 aromatic carbocycles. The van der Waals surface area contributed by atoms with Crippen LogP contribution in [0.3, 0.4) is 0 Å². The number of nitrogens with one attached hydrogen (secondary N) is 1. The molecule has 182 valence electrons. The van der Waals surface area contributed by atoms with Gasteiger partial charge in [-0.2, -0.15) is 0 Å². The molecule has 0 saturated heterocycles. The molecule has 8 nitrogen and oxygen atoms in total. The number of H-pyrrole nitrogens is 1. The molecule has 3 aromatic heterocycles. The minimum absolute atomic E-state index is 0.0294. The summed E-state index contributed by atoms with van der Waals surface area (Å²) in [7, 11) is 0. The summed E-state index contributed by atoms with van der Waals surface area (Å²) >= 11 is 0. The smallest absolute Gasteiger partial charge is 0.295 e. The number of aromatic nitrogens is 7. The maximum absolute atomic E-state index is 13.4. The van der Waals surface area contributed by atoms with Gasteiger partial charge in [0, 0.05) is 23.7 Å². The van der Waals surface area contributed by atoms with E-state index in [0.717, 1.165) is 53.6 Å². The van der Waals surface area contributed by atoms with Crippen LogP contribution in [0.2, 0.25) is 0 Å². The van der Waals surface area contributed by atoms with E-state index in [1.54, 1.807) is 6.20 Å². The second kappa shape index (κ2) is 10.9. The Morgan fingerprint density at radius 3 is 2.44 bits per heavy atom. The molecule has 0 aliphatic heterocycles. The van der Waals surface area contributed by atoms with E-state index >= 15 is 0 Å². The van der Waals surface area contributed by atoms with Gasteiger partial charge in [-0.3, -0.25) is 14.1 Å². The van der Waals surface area contributed by atoms with E-state index in [4.69, 9.17) is 0 Å². The molecule has 5 rings (SSSR count). The molecule has 8 heteroatoms. The minimum Gasteiger partial charge on any atom is -0.295 e. The third-order valence-corrected chi connectivity index (χ3v) is 6.34. The first kappa shape index (κ1) is 23.4. The molecular formula is C28H29N7O. The Labute approximate surface area is 209 Å². The van der Waals surface area contributed by atoms with Gasteiger partial charge in [-0.1, -0.05) is 80.4 Å². The summed E-state index contributed by atoms with van der Waals surface area (Å²) in [5.41, 5.74) is 5.95. The first-order valence-corrected chi connectivity index (χ1v) is 12.3. The fourth-order valence-electron chi connectivity index (χ4n) is 4.46. The lowest BCUT2D eigenvalue weighted by atomic mass is 10.0. The largest absolute Gasteiger partial charge is 0.328 e. The maximum atomic E-state index is 13.4. The van der Waals surface area contributed by atoms with Crippen molar-refractivity contribution in [1.82, 2.24) is 34.7 Å². The van der Waals surface area contributed by atoms with E-state index in [2.05, 4.69) is 68.9 Å². The second-order valence-corrected chi connectivity index (χ2v) is 8.91. The van der Waals surface area contributed by atoms with Crippen LogP contribution in [0.15, 0.2) is 83.9 Å². The molecule has 0 saturated carbocycles. The van der Waals surface area contributed by atoms with Gasteiger partial charge in [-0.05, 0) is 46.0 Å². The third kappa shape index (κ3) is 5.17. The molecule has 0 atom stereocenters. The molecule has 1 N–H and O–H groups in total. The average Bonchev–Trinajstić information content (AvgIpc) is 3.55. The van der Waals surface area contributed by atoms with Crippen LogP contribution < -0.4 is 5.69 Å². The van der Waals surface area contributed by atoms with Crippen LogP contribution in [0.25, 0.3) is 22.6 Å². The monoisotopic (exact) mass is 479 g/mol. The van der Waals surface area contributed by atoms with E-state index in [0.29, 0.717) is 24.6 Å². The summed E-state index contributed by atoms with van der Waals surface area (Å²) in [6.45, 7) is 3.31. The lowest BCUT2D eigenvalue weighted by Gasteiger charge is -2.10. The van der Waals surface area contributed by atoms with Crippen LogP contribution in [-0.4, -0.2) is 34.7 Å². The van der Waals surface area contributed by atoms with E-state index in [-0.39, 0.29) is 5.69 Å². The van der Waals surface area contributed by atoms with Crippen molar-refractivity contribution in [3.05, 3.63) is 106 Å². The molecule has 0 aliphatic rings.